The van der Waals surface area contributed by atoms with Crippen molar-refractivity contribution >= 4 is 0 Å². The molecule has 3 rings (SSSR count). The van der Waals surface area contributed by atoms with Gasteiger partial charge in [0.25, 0.3) is 0 Å². The Hall–Kier alpha value is -0.940. The number of nitrogens with zero attached hydrogens (tertiary/aromatic N) is 2. The predicted molar refractivity (Wildman–Crippen MR) is 87.6 cm³/mol. The molecule has 0 amide bonds. The summed E-state index contributed by atoms with van der Waals surface area (Å²) >= 11 is 0. The van der Waals surface area contributed by atoms with Crippen LogP contribution in [-0.2, 0) is 6.54 Å². The average Bonchev–Trinajstić information content (AvgIpc) is 2.57. The average molecular weight is 304 g/mol. The Balaban J connectivity index is 1.44. The number of aliphatic hydroxyl groups is 2. The Morgan fingerprint density at radius 3 is 2.23 bits per heavy atom. The van der Waals surface area contributed by atoms with Gasteiger partial charge in [0.05, 0.1) is 12.2 Å². The van der Waals surface area contributed by atoms with Crippen LogP contribution in [0, 0.1) is 0 Å². The first-order valence-corrected chi connectivity index (χ1v) is 8.52. The highest BCUT2D eigenvalue weighted by molar-refractivity contribution is 5.14. The van der Waals surface area contributed by atoms with E-state index in [2.05, 4.69) is 40.1 Å². The molecule has 2 N–H and O–H groups in total. The van der Waals surface area contributed by atoms with Gasteiger partial charge < -0.3 is 15.1 Å². The van der Waals surface area contributed by atoms with Crippen LogP contribution in [0.5, 0.6) is 0 Å². The minimum atomic E-state index is -0.829. The lowest BCUT2D eigenvalue weighted by molar-refractivity contribution is -0.0699. The van der Waals surface area contributed by atoms with Gasteiger partial charge in [-0.1, -0.05) is 30.3 Å². The molecule has 2 aliphatic rings. The van der Waals surface area contributed by atoms with Crippen LogP contribution in [0.3, 0.4) is 0 Å². The van der Waals surface area contributed by atoms with Gasteiger partial charge in [-0.2, -0.15) is 0 Å². The van der Waals surface area contributed by atoms with Crippen molar-refractivity contribution in [2.75, 3.05) is 32.8 Å². The second kappa shape index (κ2) is 7.09. The van der Waals surface area contributed by atoms with Gasteiger partial charge in [-0.05, 0) is 44.3 Å². The summed E-state index contributed by atoms with van der Waals surface area (Å²) in [5.41, 5.74) is 0.566. The number of likely N-dealkylation sites (tertiary alicyclic amines) is 2. The minimum Gasteiger partial charge on any atom is -0.393 e. The third kappa shape index (κ3) is 3.87. The fourth-order valence-electron chi connectivity index (χ4n) is 3.75. The highest BCUT2D eigenvalue weighted by Crippen LogP contribution is 2.26. The highest BCUT2D eigenvalue weighted by atomic mass is 16.3. The van der Waals surface area contributed by atoms with Crippen LogP contribution in [0.25, 0.3) is 0 Å². The van der Waals surface area contributed by atoms with Crippen molar-refractivity contribution in [2.24, 2.45) is 0 Å². The molecule has 0 radical (unpaired) electrons. The van der Waals surface area contributed by atoms with E-state index < -0.39 is 5.60 Å². The zero-order chi connectivity index (χ0) is 15.4. The van der Waals surface area contributed by atoms with Crippen LogP contribution in [-0.4, -0.2) is 64.4 Å². The van der Waals surface area contributed by atoms with Crippen molar-refractivity contribution in [3.63, 3.8) is 0 Å². The van der Waals surface area contributed by atoms with Crippen molar-refractivity contribution < 1.29 is 10.2 Å². The van der Waals surface area contributed by atoms with E-state index in [-0.39, 0.29) is 6.61 Å². The van der Waals surface area contributed by atoms with Gasteiger partial charge in [0.15, 0.2) is 0 Å². The van der Waals surface area contributed by atoms with E-state index in [4.69, 9.17) is 0 Å². The molecule has 2 fully saturated rings. The molecule has 2 aliphatic heterocycles. The summed E-state index contributed by atoms with van der Waals surface area (Å²) < 4.78 is 0. The summed E-state index contributed by atoms with van der Waals surface area (Å²) in [5.74, 6) is 0. The zero-order valence-electron chi connectivity index (χ0n) is 13.3. The molecule has 0 atom stereocenters. The number of benzene rings is 1. The number of hydrogen-bond acceptors (Lipinski definition) is 4. The molecule has 4 heteroatoms. The van der Waals surface area contributed by atoms with Gasteiger partial charge in [0.1, 0.15) is 0 Å². The van der Waals surface area contributed by atoms with Crippen LogP contribution in [0.1, 0.15) is 31.2 Å². The van der Waals surface area contributed by atoms with Gasteiger partial charge in [0, 0.05) is 25.7 Å². The molecule has 1 aromatic rings. The Labute approximate surface area is 133 Å². The van der Waals surface area contributed by atoms with Crippen LogP contribution in [0.4, 0.5) is 0 Å². The Morgan fingerprint density at radius 2 is 1.64 bits per heavy atom. The van der Waals surface area contributed by atoms with E-state index in [0.29, 0.717) is 18.9 Å². The fourth-order valence-corrected chi connectivity index (χ4v) is 3.75. The summed E-state index contributed by atoms with van der Waals surface area (Å²) in [4.78, 5) is 5.06. The molecule has 0 saturated carbocycles. The van der Waals surface area contributed by atoms with Crippen LogP contribution < -0.4 is 0 Å². The molecular weight excluding hydrogens is 276 g/mol. The Morgan fingerprint density at radius 1 is 1.00 bits per heavy atom. The van der Waals surface area contributed by atoms with E-state index in [0.717, 1.165) is 32.7 Å². The molecule has 2 saturated heterocycles. The summed E-state index contributed by atoms with van der Waals surface area (Å²) in [6.07, 6.45) is 3.83. The maximum atomic E-state index is 10.1. The summed E-state index contributed by atoms with van der Waals surface area (Å²) in [5, 5.41) is 19.4. The lowest BCUT2D eigenvalue weighted by Crippen LogP contribution is -2.52. The quantitative estimate of drug-likeness (QED) is 0.884. The second-order valence-electron chi connectivity index (χ2n) is 6.91. The lowest BCUT2D eigenvalue weighted by atomic mass is 9.90. The van der Waals surface area contributed by atoms with Gasteiger partial charge >= 0.3 is 0 Å². The maximum absolute atomic E-state index is 10.1. The summed E-state index contributed by atoms with van der Waals surface area (Å²) in [7, 11) is 0. The van der Waals surface area contributed by atoms with Gasteiger partial charge in [0.2, 0.25) is 0 Å². The third-order valence-corrected chi connectivity index (χ3v) is 5.35. The molecule has 1 aromatic carbocycles. The largest absolute Gasteiger partial charge is 0.393 e. The van der Waals surface area contributed by atoms with Crippen molar-refractivity contribution in [3.8, 4) is 0 Å². The molecule has 22 heavy (non-hydrogen) atoms. The molecule has 0 bridgehead atoms. The Kier molecular flexibility index (Phi) is 5.14. The standard InChI is InChI=1S/C18H28N2O2/c21-15-18(22)8-12-20(13-9-18)17-6-10-19(11-7-17)14-16-4-2-1-3-5-16/h1-5,17,21-22H,6-15H2. The first-order valence-electron chi connectivity index (χ1n) is 8.52. The van der Waals surface area contributed by atoms with E-state index in [1.165, 1.54) is 18.4 Å². The van der Waals surface area contributed by atoms with Crippen molar-refractivity contribution in [2.45, 2.75) is 43.9 Å². The van der Waals surface area contributed by atoms with Crippen LogP contribution in [0.15, 0.2) is 30.3 Å². The van der Waals surface area contributed by atoms with Crippen molar-refractivity contribution in [1.82, 2.24) is 9.80 Å². The highest BCUT2D eigenvalue weighted by Gasteiger charge is 2.34. The molecule has 4 nitrogen and oxygen atoms in total. The van der Waals surface area contributed by atoms with E-state index >= 15 is 0 Å². The normalized spacial score (nSPS) is 24.5. The number of rotatable bonds is 4. The summed E-state index contributed by atoms with van der Waals surface area (Å²) in [6.45, 7) is 5.09. The van der Waals surface area contributed by atoms with E-state index in [9.17, 15) is 10.2 Å². The molecular formula is C18H28N2O2. The fraction of sp³-hybridized carbons (Fsp3) is 0.667. The number of aliphatic hydroxyl groups excluding tert-OH is 1. The van der Waals surface area contributed by atoms with Crippen LogP contribution >= 0.6 is 0 Å². The number of piperidine rings is 2. The van der Waals surface area contributed by atoms with E-state index in [1.807, 2.05) is 0 Å². The third-order valence-electron chi connectivity index (χ3n) is 5.35. The smallest absolute Gasteiger partial charge is 0.0901 e. The first kappa shape index (κ1) is 15.9. The minimum absolute atomic E-state index is 0.101. The van der Waals surface area contributed by atoms with Crippen LogP contribution in [0.2, 0.25) is 0 Å². The first-order chi connectivity index (χ1) is 10.7. The molecule has 122 valence electrons. The van der Waals surface area contributed by atoms with Crippen molar-refractivity contribution in [3.05, 3.63) is 35.9 Å². The van der Waals surface area contributed by atoms with Gasteiger partial charge in [-0.3, -0.25) is 4.90 Å². The molecule has 0 unspecified atom stereocenters. The lowest BCUT2D eigenvalue weighted by Gasteiger charge is -2.44. The number of hydrogen-bond donors (Lipinski definition) is 2. The second-order valence-corrected chi connectivity index (χ2v) is 6.91. The van der Waals surface area contributed by atoms with E-state index in [1.54, 1.807) is 0 Å². The maximum Gasteiger partial charge on any atom is 0.0901 e. The topological polar surface area (TPSA) is 46.9 Å². The van der Waals surface area contributed by atoms with Crippen molar-refractivity contribution in [1.29, 1.82) is 0 Å². The van der Waals surface area contributed by atoms with Gasteiger partial charge in [-0.25, -0.2) is 0 Å². The molecule has 0 aromatic heterocycles. The monoisotopic (exact) mass is 304 g/mol. The SMILES string of the molecule is OCC1(O)CCN(C2CCN(Cc3ccccc3)CC2)CC1. The zero-order valence-corrected chi connectivity index (χ0v) is 13.3. The Bertz CT molecular complexity index is 449. The molecule has 2 heterocycles. The predicted octanol–water partition coefficient (Wildman–Crippen LogP) is 1.47. The molecule has 0 spiro atoms. The van der Waals surface area contributed by atoms with Gasteiger partial charge in [-0.15, -0.1) is 0 Å². The summed E-state index contributed by atoms with van der Waals surface area (Å²) in [6, 6.07) is 11.3. The molecule has 0 aliphatic carbocycles.